The van der Waals surface area contributed by atoms with Gasteiger partial charge in [-0.1, -0.05) is 19.8 Å². The lowest BCUT2D eigenvalue weighted by Crippen LogP contribution is -2.48. The molecule has 16 heavy (non-hydrogen) atoms. The lowest BCUT2D eigenvalue weighted by molar-refractivity contribution is -0.122. The Balaban J connectivity index is 2.22. The van der Waals surface area contributed by atoms with Crippen molar-refractivity contribution in [2.45, 2.75) is 64.1 Å². The predicted octanol–water partition coefficient (Wildman–Crippen LogP) is 0.794. The van der Waals surface area contributed by atoms with Crippen LogP contribution in [0, 0.1) is 0 Å². The minimum atomic E-state index is -0.360. The Morgan fingerprint density at radius 2 is 2.12 bits per heavy atom. The van der Waals surface area contributed by atoms with Gasteiger partial charge in [0.15, 0.2) is 0 Å². The fourth-order valence-electron chi connectivity index (χ4n) is 1.95. The zero-order chi connectivity index (χ0) is 12.0. The molecular formula is C12H24N2O2. The third-order valence-corrected chi connectivity index (χ3v) is 3.30. The molecule has 0 heterocycles. The second-order valence-corrected chi connectivity index (χ2v) is 4.72. The van der Waals surface area contributed by atoms with E-state index in [9.17, 15) is 9.90 Å². The molecule has 0 aromatic carbocycles. The first kappa shape index (κ1) is 13.5. The van der Waals surface area contributed by atoms with Crippen molar-refractivity contribution in [1.82, 2.24) is 10.6 Å². The molecule has 0 aromatic heterocycles. The molecule has 94 valence electrons. The molecule has 4 heteroatoms. The summed E-state index contributed by atoms with van der Waals surface area (Å²) in [5.41, 5.74) is 0. The van der Waals surface area contributed by atoms with Crippen molar-refractivity contribution in [3.05, 3.63) is 0 Å². The molecule has 3 N–H and O–H groups in total. The highest BCUT2D eigenvalue weighted by atomic mass is 16.3. The van der Waals surface area contributed by atoms with Gasteiger partial charge in [-0.2, -0.15) is 0 Å². The number of hydrogen-bond donors (Lipinski definition) is 3. The lowest BCUT2D eigenvalue weighted by atomic mass is 9.92. The number of nitrogens with one attached hydrogen (secondary N) is 2. The van der Waals surface area contributed by atoms with Crippen LogP contribution in [0.4, 0.5) is 0 Å². The molecule has 1 rings (SSSR count). The highest BCUT2D eigenvalue weighted by Gasteiger charge is 2.24. The quantitative estimate of drug-likeness (QED) is 0.652. The highest BCUT2D eigenvalue weighted by molar-refractivity contribution is 5.78. The van der Waals surface area contributed by atoms with Gasteiger partial charge in [-0.25, -0.2) is 0 Å². The second-order valence-electron chi connectivity index (χ2n) is 4.72. The highest BCUT2D eigenvalue weighted by Crippen LogP contribution is 2.18. The summed E-state index contributed by atoms with van der Waals surface area (Å²) in [5.74, 6) is -0.00810. The zero-order valence-corrected chi connectivity index (χ0v) is 10.3. The molecule has 1 amide bonds. The van der Waals surface area contributed by atoms with Crippen LogP contribution in [0.2, 0.25) is 0 Å². The Morgan fingerprint density at radius 1 is 1.44 bits per heavy atom. The van der Waals surface area contributed by atoms with E-state index in [2.05, 4.69) is 24.5 Å². The average molecular weight is 228 g/mol. The van der Waals surface area contributed by atoms with Crippen LogP contribution < -0.4 is 10.6 Å². The van der Waals surface area contributed by atoms with Crippen molar-refractivity contribution in [1.29, 1.82) is 0 Å². The van der Waals surface area contributed by atoms with Crippen molar-refractivity contribution in [3.63, 3.8) is 0 Å². The zero-order valence-electron chi connectivity index (χ0n) is 10.3. The lowest BCUT2D eigenvalue weighted by Gasteiger charge is -2.28. The van der Waals surface area contributed by atoms with Gasteiger partial charge < -0.3 is 15.7 Å². The smallest absolute Gasteiger partial charge is 0.234 e. The standard InChI is InChI=1S/C12H24N2O2/c1-3-9(2)13-8-12(16)14-10-6-4-5-7-11(10)15/h9-11,13,15H,3-8H2,1-2H3,(H,14,16)/t9?,10-,11-/m1/s1. The Hall–Kier alpha value is -0.610. The molecule has 0 aromatic rings. The first-order valence-electron chi connectivity index (χ1n) is 6.34. The Morgan fingerprint density at radius 3 is 2.75 bits per heavy atom. The summed E-state index contributed by atoms with van der Waals surface area (Å²) in [6.07, 6.45) is 4.53. The van der Waals surface area contributed by atoms with Gasteiger partial charge in [-0.05, 0) is 26.2 Å². The SMILES string of the molecule is CCC(C)NCC(=O)N[C@@H]1CCCC[C@H]1O. The number of aliphatic hydroxyl groups is 1. The van der Waals surface area contributed by atoms with E-state index in [1.54, 1.807) is 0 Å². The maximum Gasteiger partial charge on any atom is 0.234 e. The fourth-order valence-corrected chi connectivity index (χ4v) is 1.95. The van der Waals surface area contributed by atoms with Crippen molar-refractivity contribution < 1.29 is 9.90 Å². The first-order chi connectivity index (χ1) is 7.63. The second kappa shape index (κ2) is 6.86. The van der Waals surface area contributed by atoms with Crippen LogP contribution in [-0.4, -0.2) is 35.7 Å². The third kappa shape index (κ3) is 4.49. The van der Waals surface area contributed by atoms with E-state index in [4.69, 9.17) is 0 Å². The molecule has 4 nitrogen and oxygen atoms in total. The Bertz CT molecular complexity index is 221. The van der Waals surface area contributed by atoms with E-state index < -0.39 is 0 Å². The third-order valence-electron chi connectivity index (χ3n) is 3.30. The number of amides is 1. The largest absolute Gasteiger partial charge is 0.391 e. The summed E-state index contributed by atoms with van der Waals surface area (Å²) in [5, 5.41) is 15.7. The molecule has 1 fully saturated rings. The number of carbonyl (C=O) groups excluding carboxylic acids is 1. The molecule has 1 aliphatic carbocycles. The van der Waals surface area contributed by atoms with E-state index in [0.717, 1.165) is 32.1 Å². The monoisotopic (exact) mass is 228 g/mol. The Labute approximate surface area is 97.8 Å². The first-order valence-corrected chi connectivity index (χ1v) is 6.34. The van der Waals surface area contributed by atoms with Crippen LogP contribution in [-0.2, 0) is 4.79 Å². The van der Waals surface area contributed by atoms with Crippen molar-refractivity contribution in [2.75, 3.05) is 6.54 Å². The Kier molecular flexibility index (Phi) is 5.77. The van der Waals surface area contributed by atoms with Gasteiger partial charge in [0.25, 0.3) is 0 Å². The van der Waals surface area contributed by atoms with Gasteiger partial charge in [0.05, 0.1) is 18.7 Å². The molecule has 0 aliphatic heterocycles. The van der Waals surface area contributed by atoms with E-state index in [-0.39, 0.29) is 18.1 Å². The van der Waals surface area contributed by atoms with Gasteiger partial charge in [0.2, 0.25) is 5.91 Å². The topological polar surface area (TPSA) is 61.4 Å². The molecule has 3 atom stereocenters. The van der Waals surface area contributed by atoms with Crippen LogP contribution in [0.5, 0.6) is 0 Å². The molecule has 0 bridgehead atoms. The summed E-state index contributed by atoms with van der Waals surface area (Å²) in [6.45, 7) is 4.49. The van der Waals surface area contributed by atoms with Gasteiger partial charge in [0, 0.05) is 6.04 Å². The molecule has 1 unspecified atom stereocenters. The van der Waals surface area contributed by atoms with Crippen molar-refractivity contribution in [3.8, 4) is 0 Å². The van der Waals surface area contributed by atoms with Gasteiger partial charge in [0.1, 0.15) is 0 Å². The van der Waals surface area contributed by atoms with E-state index >= 15 is 0 Å². The average Bonchev–Trinajstić information content (AvgIpc) is 2.29. The van der Waals surface area contributed by atoms with Crippen molar-refractivity contribution in [2.24, 2.45) is 0 Å². The molecule has 1 saturated carbocycles. The van der Waals surface area contributed by atoms with E-state index in [0.29, 0.717) is 12.6 Å². The maximum atomic E-state index is 11.6. The normalized spacial score (nSPS) is 27.4. The van der Waals surface area contributed by atoms with E-state index in [1.807, 2.05) is 0 Å². The summed E-state index contributed by atoms with van der Waals surface area (Å²) in [6, 6.07) is 0.321. The number of carbonyl (C=O) groups is 1. The minimum absolute atomic E-state index is 0.00810. The summed E-state index contributed by atoms with van der Waals surface area (Å²) in [7, 11) is 0. The molecular weight excluding hydrogens is 204 g/mol. The van der Waals surface area contributed by atoms with Crippen LogP contribution >= 0.6 is 0 Å². The molecule has 0 saturated heterocycles. The van der Waals surface area contributed by atoms with E-state index in [1.165, 1.54) is 0 Å². The maximum absolute atomic E-state index is 11.6. The number of aliphatic hydroxyl groups excluding tert-OH is 1. The molecule has 0 radical (unpaired) electrons. The van der Waals surface area contributed by atoms with Gasteiger partial charge >= 0.3 is 0 Å². The summed E-state index contributed by atoms with van der Waals surface area (Å²) >= 11 is 0. The van der Waals surface area contributed by atoms with Crippen LogP contribution in [0.25, 0.3) is 0 Å². The minimum Gasteiger partial charge on any atom is -0.391 e. The number of rotatable bonds is 5. The number of hydrogen-bond acceptors (Lipinski definition) is 3. The summed E-state index contributed by atoms with van der Waals surface area (Å²) in [4.78, 5) is 11.6. The van der Waals surface area contributed by atoms with Crippen molar-refractivity contribution >= 4 is 5.91 Å². The van der Waals surface area contributed by atoms with Gasteiger partial charge in [-0.3, -0.25) is 4.79 Å². The molecule has 0 spiro atoms. The fraction of sp³-hybridized carbons (Fsp3) is 0.917. The molecule has 1 aliphatic rings. The van der Waals surface area contributed by atoms with Crippen LogP contribution in [0.1, 0.15) is 46.0 Å². The predicted molar refractivity (Wildman–Crippen MR) is 64.2 cm³/mol. The van der Waals surface area contributed by atoms with Gasteiger partial charge in [-0.15, -0.1) is 0 Å². The summed E-state index contributed by atoms with van der Waals surface area (Å²) < 4.78 is 0. The van der Waals surface area contributed by atoms with Crippen LogP contribution in [0.3, 0.4) is 0 Å². The van der Waals surface area contributed by atoms with Crippen LogP contribution in [0.15, 0.2) is 0 Å².